The first-order chi connectivity index (χ1) is 26.9. The Balaban J connectivity index is 1.27. The zero-order valence-corrected chi connectivity index (χ0v) is 39.2. The van der Waals surface area contributed by atoms with Gasteiger partial charge in [0.2, 0.25) is 0 Å². The van der Waals surface area contributed by atoms with Crippen LogP contribution in [0, 0.1) is 5.92 Å². The topological polar surface area (TPSA) is 157 Å². The van der Waals surface area contributed by atoms with E-state index in [4.69, 9.17) is 39.3 Å². The van der Waals surface area contributed by atoms with Crippen LogP contribution in [-0.2, 0) is 8.85 Å². The van der Waals surface area contributed by atoms with Crippen molar-refractivity contribution in [3.05, 3.63) is 59.7 Å². The van der Waals surface area contributed by atoms with Gasteiger partial charge < -0.3 is 49.5 Å². The summed E-state index contributed by atoms with van der Waals surface area (Å²) in [5.41, 5.74) is 15.9. The molecule has 2 amide bonds. The quantitative estimate of drug-likeness (QED) is 0.0542. The van der Waals surface area contributed by atoms with Gasteiger partial charge in [0, 0.05) is 49.1 Å². The van der Waals surface area contributed by atoms with Crippen molar-refractivity contribution < 1.29 is 37.4 Å². The summed E-state index contributed by atoms with van der Waals surface area (Å²) >= 11 is 0. The molecule has 2 aliphatic rings. The first kappa shape index (κ1) is 46.7. The molecule has 322 valence electrons. The molecular weight excluding hydrogens is 769 g/mol. The van der Waals surface area contributed by atoms with E-state index in [0.29, 0.717) is 72.6 Å². The Morgan fingerprint density at radius 1 is 0.845 bits per heavy atom. The van der Waals surface area contributed by atoms with E-state index in [-0.39, 0.29) is 58.6 Å². The second-order valence-electron chi connectivity index (χ2n) is 18.9. The lowest BCUT2D eigenvalue weighted by Gasteiger charge is -2.38. The number of carbonyl (C=O) groups excluding carboxylic acids is 2. The number of hydrogen-bond acceptors (Lipinski definition) is 10. The van der Waals surface area contributed by atoms with Crippen LogP contribution >= 0.6 is 0 Å². The van der Waals surface area contributed by atoms with Crippen LogP contribution < -0.4 is 35.7 Å². The maximum atomic E-state index is 13.9. The maximum Gasteiger partial charge on any atom is 0.256 e. The van der Waals surface area contributed by atoms with Crippen LogP contribution in [0.4, 0.5) is 11.4 Å². The standard InChI is InChI=1S/C44H70N4O8Si2/c1-28(18-30-20-36(30)56-58(13,14)44(6,7)8)25-47-41(49)32-21-37(51-9)39(23-34(32)45)53-16-15-17-54-40-24-35(46)33(22-38(40)52-10)42(50)48-26-29(2)19-31(48)27-55-57(11,12)43(3,4)5/h21-24,30-31,36H,1-2,15-20,25-27,45-46H2,3-14H3,(H,47,49)/t30-,31+,36?/m1/s1. The van der Waals surface area contributed by atoms with Crippen LogP contribution in [0.1, 0.15) is 87.9 Å². The van der Waals surface area contributed by atoms with Crippen molar-refractivity contribution >= 4 is 39.8 Å². The number of ether oxygens (including phenoxy) is 4. The second-order valence-corrected chi connectivity index (χ2v) is 28.5. The van der Waals surface area contributed by atoms with Gasteiger partial charge in [-0.15, -0.1) is 0 Å². The summed E-state index contributed by atoms with van der Waals surface area (Å²) in [5.74, 6) is 1.52. The van der Waals surface area contributed by atoms with E-state index in [2.05, 4.69) is 86.2 Å². The second kappa shape index (κ2) is 18.5. The lowest BCUT2D eigenvalue weighted by Crippen LogP contribution is -2.46. The Morgan fingerprint density at radius 2 is 1.38 bits per heavy atom. The summed E-state index contributed by atoms with van der Waals surface area (Å²) in [5, 5.41) is 3.17. The number of nitrogens with one attached hydrogen (secondary N) is 1. The van der Waals surface area contributed by atoms with Crippen LogP contribution in [0.15, 0.2) is 48.6 Å². The van der Waals surface area contributed by atoms with Crippen LogP contribution in [0.5, 0.6) is 23.0 Å². The van der Waals surface area contributed by atoms with Crippen LogP contribution in [0.25, 0.3) is 0 Å². The molecule has 12 nitrogen and oxygen atoms in total. The van der Waals surface area contributed by atoms with Crippen molar-refractivity contribution in [2.24, 2.45) is 5.92 Å². The van der Waals surface area contributed by atoms with E-state index in [9.17, 15) is 9.59 Å². The fraction of sp³-hybridized carbons (Fsp3) is 0.591. The Morgan fingerprint density at radius 3 is 1.91 bits per heavy atom. The van der Waals surface area contributed by atoms with Gasteiger partial charge in [-0.05, 0) is 73.6 Å². The molecule has 1 aliphatic carbocycles. The van der Waals surface area contributed by atoms with Crippen molar-refractivity contribution in [3.8, 4) is 23.0 Å². The fourth-order valence-corrected chi connectivity index (χ4v) is 8.76. The number of nitrogen functional groups attached to an aromatic ring is 2. The number of amides is 2. The SMILES string of the molecule is C=C(CNC(=O)c1cc(OC)c(OCCCOc2cc(N)c(C(=O)N3CC(=C)C[C@H]3CO[Si](C)(C)C(C)(C)C)cc2OC)cc1N)C[C@@H]1CC1O[Si](C)(C)C(C)(C)C. The molecule has 0 radical (unpaired) electrons. The maximum absolute atomic E-state index is 13.9. The molecule has 1 heterocycles. The number of carbonyl (C=O) groups is 2. The Kier molecular flexibility index (Phi) is 14.9. The predicted molar refractivity (Wildman–Crippen MR) is 238 cm³/mol. The lowest BCUT2D eigenvalue weighted by atomic mass is 10.1. The summed E-state index contributed by atoms with van der Waals surface area (Å²) in [6.45, 7) is 32.5. The Labute approximate surface area is 349 Å². The molecule has 58 heavy (non-hydrogen) atoms. The summed E-state index contributed by atoms with van der Waals surface area (Å²) < 4.78 is 36.2. The molecule has 0 bridgehead atoms. The number of hydrogen-bond donors (Lipinski definition) is 3. The van der Waals surface area contributed by atoms with Gasteiger partial charge in [0.1, 0.15) is 0 Å². The number of nitrogens with two attached hydrogens (primary N) is 2. The zero-order valence-electron chi connectivity index (χ0n) is 37.2. The molecule has 14 heteroatoms. The molecule has 3 atom stereocenters. The highest BCUT2D eigenvalue weighted by molar-refractivity contribution is 6.74. The summed E-state index contributed by atoms with van der Waals surface area (Å²) in [6, 6.07) is 6.31. The molecular formula is C44H70N4O8Si2. The van der Waals surface area contributed by atoms with Crippen LogP contribution in [0.2, 0.25) is 36.3 Å². The number of methoxy groups -OCH3 is 2. The summed E-state index contributed by atoms with van der Waals surface area (Å²) in [4.78, 5) is 28.8. The van der Waals surface area contributed by atoms with E-state index < -0.39 is 16.6 Å². The molecule has 1 unspecified atom stereocenters. The third kappa shape index (κ3) is 11.6. The molecule has 2 fully saturated rings. The van der Waals surface area contributed by atoms with Crippen LogP contribution in [-0.4, -0.2) is 92.6 Å². The number of likely N-dealkylation sites (tertiary alicyclic amines) is 1. The summed E-state index contributed by atoms with van der Waals surface area (Å²) in [7, 11) is -0.794. The predicted octanol–water partition coefficient (Wildman–Crippen LogP) is 8.60. The number of rotatable bonds is 19. The molecule has 1 saturated heterocycles. The van der Waals surface area contributed by atoms with Crippen molar-refractivity contribution in [3.63, 3.8) is 0 Å². The highest BCUT2D eigenvalue weighted by atomic mass is 28.4. The van der Waals surface area contributed by atoms with Crippen molar-refractivity contribution in [1.29, 1.82) is 0 Å². The van der Waals surface area contributed by atoms with E-state index in [1.54, 1.807) is 29.2 Å². The lowest BCUT2D eigenvalue weighted by molar-refractivity contribution is 0.0686. The van der Waals surface area contributed by atoms with E-state index in [1.165, 1.54) is 14.2 Å². The minimum atomic E-state index is -2.01. The minimum Gasteiger partial charge on any atom is -0.493 e. The van der Waals surface area contributed by atoms with Gasteiger partial charge in [-0.2, -0.15) is 0 Å². The van der Waals surface area contributed by atoms with Crippen molar-refractivity contribution in [2.75, 3.05) is 58.6 Å². The van der Waals surface area contributed by atoms with Gasteiger partial charge in [-0.3, -0.25) is 9.59 Å². The van der Waals surface area contributed by atoms with Crippen molar-refractivity contribution in [2.45, 2.75) is 116 Å². The molecule has 0 spiro atoms. The first-order valence-electron chi connectivity index (χ1n) is 20.3. The number of benzene rings is 2. The average molecular weight is 839 g/mol. The fourth-order valence-electron chi connectivity index (χ4n) is 6.32. The van der Waals surface area contributed by atoms with Gasteiger partial charge in [0.15, 0.2) is 39.6 Å². The van der Waals surface area contributed by atoms with E-state index in [0.717, 1.165) is 24.0 Å². The van der Waals surface area contributed by atoms with Gasteiger partial charge in [0.05, 0.1) is 51.2 Å². The highest BCUT2D eigenvalue weighted by Gasteiger charge is 2.47. The molecule has 1 aliphatic heterocycles. The van der Waals surface area contributed by atoms with Gasteiger partial charge in [-0.1, -0.05) is 65.8 Å². The third-order valence-electron chi connectivity index (χ3n) is 12.2. The average Bonchev–Trinajstić information content (AvgIpc) is 3.72. The zero-order chi connectivity index (χ0) is 43.4. The summed E-state index contributed by atoms with van der Waals surface area (Å²) in [6.07, 6.45) is 3.29. The molecule has 2 aromatic carbocycles. The van der Waals surface area contributed by atoms with Gasteiger partial charge in [-0.25, -0.2) is 0 Å². The van der Waals surface area contributed by atoms with Gasteiger partial charge >= 0.3 is 0 Å². The normalized spacial score (nSPS) is 18.5. The molecule has 4 rings (SSSR count). The molecule has 2 aromatic rings. The van der Waals surface area contributed by atoms with Gasteiger partial charge in [0.25, 0.3) is 11.8 Å². The number of anilines is 2. The van der Waals surface area contributed by atoms with Crippen molar-refractivity contribution in [1.82, 2.24) is 10.2 Å². The smallest absolute Gasteiger partial charge is 0.256 e. The molecule has 5 N–H and O–H groups in total. The van der Waals surface area contributed by atoms with E-state index in [1.807, 2.05) is 0 Å². The third-order valence-corrected chi connectivity index (χ3v) is 21.2. The van der Waals surface area contributed by atoms with Crippen LogP contribution in [0.3, 0.4) is 0 Å². The number of nitrogens with zero attached hydrogens (tertiary/aromatic N) is 1. The molecule has 1 saturated carbocycles. The first-order valence-corrected chi connectivity index (χ1v) is 26.2. The monoisotopic (exact) mass is 838 g/mol. The highest BCUT2D eigenvalue weighted by Crippen LogP contribution is 2.46. The Bertz CT molecular complexity index is 1830. The largest absolute Gasteiger partial charge is 0.493 e. The minimum absolute atomic E-state index is 0.0572. The van der Waals surface area contributed by atoms with E-state index >= 15 is 0 Å². The Hall–Kier alpha value is -3.99. The molecule has 0 aromatic heterocycles.